The van der Waals surface area contributed by atoms with Gasteiger partial charge in [-0.2, -0.15) is 12.6 Å². The molecule has 2 aliphatic heterocycles. The fourth-order valence-corrected chi connectivity index (χ4v) is 13.2. The fourth-order valence-electron chi connectivity index (χ4n) is 12.9. The maximum Gasteiger partial charge on any atom is 0.322 e. The Bertz CT molecular complexity index is 4480. The Morgan fingerprint density at radius 3 is 1.56 bits per heavy atom. The number of nitrogens with one attached hydrogen (secondary N) is 14. The normalized spacial score (nSPS) is 16.2. The number of amides is 17. The number of carbonyl (C=O) groups is 15. The summed E-state index contributed by atoms with van der Waals surface area (Å²) in [4.78, 5) is 212. The van der Waals surface area contributed by atoms with Crippen LogP contribution in [0, 0.1) is 0 Å². The van der Waals surface area contributed by atoms with Gasteiger partial charge in [0.25, 0.3) is 0 Å². The van der Waals surface area contributed by atoms with Crippen LogP contribution in [0.1, 0.15) is 94.0 Å². The molecule has 19 N–H and O–H groups in total. The number of pyridine rings is 1. The van der Waals surface area contributed by atoms with Gasteiger partial charge in [0.15, 0.2) is 0 Å². The summed E-state index contributed by atoms with van der Waals surface area (Å²) in [5.74, 6) is -11.3. The number of hydrogen-bond donors (Lipinski definition) is 18. The number of aliphatic hydroxyl groups excluding tert-OH is 1. The van der Waals surface area contributed by atoms with Crippen LogP contribution >= 0.6 is 24.2 Å². The topological polar surface area (TPSA) is 513 Å². The third-order valence-electron chi connectivity index (χ3n) is 18.9. The number of nitrogens with two attached hydrogens (primary N) is 2. The molecule has 5 aromatic carbocycles. The standard InChI is InChI=1S/C79H97ClN18O16S/c1-43(2)84-31-8-7-14-56(77(112)98-32-10-15-65(98)76(111)85-44(3)67(81)102)89-75(110)64(42-115)95-73(108)60(36-48-21-28-55(29-22-48)88-78(82)113)91-71(106)59(35-47-19-26-54(27-20-47)87-68(103)62-39-66(101)97-79(114)96-62)93-74(109)63(41-99)94-72(107)61(38-50-11-9-30-83-40-50)92-70(105)58(34-46-17-24-53(80)25-18-46)90-69(104)57(86-45(4)100)37-49-16-23-51-12-5-6-13-52(51)33-49/h5-6,9,11-13,16-30,33,40,43-44,56-65,84,99,115H,7-8,10,14-15,31-32,34-39,41-42H2,1-4H3,(H2,81,102)(H,85,111)(H,86,100)(H,87,103)(H,89,110)(H,90,104)(H,91,106)(H,92,105)(H,93,109)(H,94,107)(H,95,108)(H3,82,88,113)(H2,96,97,101,114)/t44-,56+,57-,58-,59+,60-,61-,62+,63+,64+,65+/m1/s1. The molecule has 36 heteroatoms. The molecule has 1 aromatic heterocycles. The maximum atomic E-state index is 15.3. The van der Waals surface area contributed by atoms with Crippen molar-refractivity contribution < 1.29 is 77.0 Å². The highest BCUT2D eigenvalue weighted by Gasteiger charge is 2.41. The Balaban J connectivity index is 1.08. The van der Waals surface area contributed by atoms with E-state index in [1.165, 1.54) is 79.7 Å². The largest absolute Gasteiger partial charge is 0.394 e. The zero-order valence-corrected chi connectivity index (χ0v) is 65.4. The second kappa shape index (κ2) is 43.3. The van der Waals surface area contributed by atoms with Gasteiger partial charge in [-0.15, -0.1) is 0 Å². The van der Waals surface area contributed by atoms with E-state index in [0.717, 1.165) is 10.8 Å². The third-order valence-corrected chi connectivity index (χ3v) is 19.5. The number of fused-ring (bicyclic) bond motifs is 1. The molecule has 0 radical (unpaired) electrons. The van der Waals surface area contributed by atoms with E-state index in [2.05, 4.69) is 86.7 Å². The zero-order chi connectivity index (χ0) is 83.4. The first kappa shape index (κ1) is 88.5. The molecule has 115 heavy (non-hydrogen) atoms. The number of unbranched alkanes of at least 4 members (excludes halogenated alkanes) is 1. The number of carbonyl (C=O) groups excluding carboxylic acids is 15. The molecule has 0 unspecified atom stereocenters. The summed E-state index contributed by atoms with van der Waals surface area (Å²) in [6.07, 6.45) is 2.93. The number of thiol groups is 1. The van der Waals surface area contributed by atoms with Gasteiger partial charge in [-0.05, 0) is 127 Å². The third kappa shape index (κ3) is 27.6. The van der Waals surface area contributed by atoms with E-state index in [1.54, 1.807) is 36.4 Å². The lowest BCUT2D eigenvalue weighted by Gasteiger charge is -2.30. The van der Waals surface area contributed by atoms with E-state index < -0.39 is 168 Å². The van der Waals surface area contributed by atoms with E-state index in [1.807, 2.05) is 61.6 Å². The quantitative estimate of drug-likeness (QED) is 0.0183. The molecule has 0 spiro atoms. The van der Waals surface area contributed by atoms with Crippen molar-refractivity contribution >= 4 is 135 Å². The fraction of sp³-hybridized carbons (Fsp3) is 0.392. The highest BCUT2D eigenvalue weighted by molar-refractivity contribution is 7.80. The van der Waals surface area contributed by atoms with Gasteiger partial charge in [-0.1, -0.05) is 110 Å². The van der Waals surface area contributed by atoms with Crippen LogP contribution in [0.2, 0.25) is 5.02 Å². The monoisotopic (exact) mass is 1620 g/mol. The number of urea groups is 2. The van der Waals surface area contributed by atoms with Crippen molar-refractivity contribution in [3.05, 3.63) is 173 Å². The van der Waals surface area contributed by atoms with Crippen molar-refractivity contribution in [2.45, 2.75) is 171 Å². The smallest absolute Gasteiger partial charge is 0.322 e. The van der Waals surface area contributed by atoms with Crippen LogP contribution in [0.4, 0.5) is 21.0 Å². The van der Waals surface area contributed by atoms with E-state index >= 15 is 9.59 Å². The van der Waals surface area contributed by atoms with Gasteiger partial charge in [0.2, 0.25) is 76.8 Å². The van der Waals surface area contributed by atoms with Gasteiger partial charge < -0.3 is 90.6 Å². The van der Waals surface area contributed by atoms with Gasteiger partial charge in [0.1, 0.15) is 66.5 Å². The molecule has 17 amide bonds. The molecule has 0 aliphatic carbocycles. The molecule has 2 saturated heterocycles. The Hall–Kier alpha value is -12.1. The number of aliphatic hydroxyl groups is 1. The van der Waals surface area contributed by atoms with Gasteiger partial charge in [-0.3, -0.25) is 72.6 Å². The van der Waals surface area contributed by atoms with Gasteiger partial charge in [-0.25, -0.2) is 9.59 Å². The summed E-state index contributed by atoms with van der Waals surface area (Å²) < 4.78 is 0. The number of hydrogen-bond acceptors (Lipinski definition) is 19. The van der Waals surface area contributed by atoms with Crippen molar-refractivity contribution in [2.24, 2.45) is 11.5 Å². The van der Waals surface area contributed by atoms with E-state index in [0.29, 0.717) is 53.1 Å². The first-order valence-electron chi connectivity index (χ1n) is 37.4. The molecular formula is C79H97ClN18O16S. The van der Waals surface area contributed by atoms with Crippen molar-refractivity contribution in [1.29, 1.82) is 0 Å². The van der Waals surface area contributed by atoms with Gasteiger partial charge in [0, 0.05) is 86.2 Å². The average Bonchev–Trinajstić information content (AvgIpc) is 1.65. The first-order chi connectivity index (χ1) is 54.9. The summed E-state index contributed by atoms with van der Waals surface area (Å²) in [6, 6.07) is 16.9. The SMILES string of the molecule is CC(=O)N[C@H](Cc1ccc2ccccc2c1)C(=O)N[C@H](Cc1ccc(Cl)cc1)C(=O)N[C@H](Cc1cccnc1)C(=O)N[C@@H](CO)C(=O)N[C@@H](Cc1ccc(NC(=O)[C@@H]2CC(=O)NC(=O)N2)cc1)C(=O)N[C@H](Cc1ccc(NC(N)=O)cc1)C(=O)N[C@@H](CS)C(=O)N[C@@H](CCCCNC(C)C)C(=O)N1CCC[C@H]1C(=O)N[C@H](C)C(N)=O. The maximum absolute atomic E-state index is 15.3. The second-order valence-electron chi connectivity index (χ2n) is 28.3. The summed E-state index contributed by atoms with van der Waals surface area (Å²) in [5, 5.41) is 49.9. The van der Waals surface area contributed by atoms with Crippen LogP contribution in [0.5, 0.6) is 0 Å². The van der Waals surface area contributed by atoms with Crippen molar-refractivity contribution in [3.8, 4) is 0 Å². The van der Waals surface area contributed by atoms with Crippen LogP contribution in [-0.2, 0) is 94.4 Å². The van der Waals surface area contributed by atoms with Crippen LogP contribution < -0.4 is 85.9 Å². The summed E-state index contributed by atoms with van der Waals surface area (Å²) in [6.45, 7) is 6.11. The molecule has 3 heterocycles. The predicted octanol–water partition coefficient (Wildman–Crippen LogP) is 0.398. The highest BCUT2D eigenvalue weighted by Crippen LogP contribution is 2.23. The lowest BCUT2D eigenvalue weighted by atomic mass is 9.99. The van der Waals surface area contributed by atoms with Gasteiger partial charge >= 0.3 is 12.1 Å². The number of rotatable bonds is 40. The molecule has 2 fully saturated rings. The Kier molecular flexibility index (Phi) is 33.3. The molecule has 0 saturated carbocycles. The van der Waals surface area contributed by atoms with E-state index in [-0.39, 0.29) is 80.2 Å². The average molecular weight is 1620 g/mol. The number of benzene rings is 5. The lowest BCUT2D eigenvalue weighted by Crippen LogP contribution is -2.62. The summed E-state index contributed by atoms with van der Waals surface area (Å²) in [7, 11) is 0. The molecule has 0 bridgehead atoms. The van der Waals surface area contributed by atoms with E-state index in [4.69, 9.17) is 23.1 Å². The number of imide groups is 1. The number of aromatic nitrogens is 1. The van der Waals surface area contributed by atoms with Crippen molar-refractivity contribution in [1.82, 2.24) is 73.7 Å². The van der Waals surface area contributed by atoms with Crippen LogP contribution in [0.15, 0.2) is 140 Å². The minimum absolute atomic E-state index is 0.00209. The Morgan fingerprint density at radius 2 is 1.04 bits per heavy atom. The molecule has 11 atom stereocenters. The van der Waals surface area contributed by atoms with Crippen molar-refractivity contribution in [2.75, 3.05) is 36.1 Å². The Labute approximate surface area is 673 Å². The van der Waals surface area contributed by atoms with Gasteiger partial charge in [0.05, 0.1) is 13.0 Å². The lowest BCUT2D eigenvalue weighted by molar-refractivity contribution is -0.142. The molecule has 612 valence electrons. The van der Waals surface area contributed by atoms with Crippen LogP contribution in [0.3, 0.4) is 0 Å². The predicted molar refractivity (Wildman–Crippen MR) is 429 cm³/mol. The van der Waals surface area contributed by atoms with Crippen molar-refractivity contribution in [3.63, 3.8) is 0 Å². The number of anilines is 2. The molecule has 2 aliphatic rings. The minimum atomic E-state index is -1.93. The first-order valence-corrected chi connectivity index (χ1v) is 38.4. The number of primary amides is 2. The summed E-state index contributed by atoms with van der Waals surface area (Å²) >= 11 is 10.7. The Morgan fingerprint density at radius 1 is 0.557 bits per heavy atom. The highest BCUT2D eigenvalue weighted by atomic mass is 35.5. The number of halogens is 1. The van der Waals surface area contributed by atoms with E-state index in [9.17, 15) is 67.4 Å². The second-order valence-corrected chi connectivity index (χ2v) is 29.1. The molecule has 6 aromatic rings. The van der Waals surface area contributed by atoms with Crippen LogP contribution in [0.25, 0.3) is 10.8 Å². The number of nitrogens with zero attached hydrogens (tertiary/aromatic N) is 2. The zero-order valence-electron chi connectivity index (χ0n) is 63.8. The molecular weight excluding hydrogens is 1520 g/mol. The summed E-state index contributed by atoms with van der Waals surface area (Å²) in [5.41, 5.74) is 13.4. The number of likely N-dealkylation sites (tertiary alicyclic amines) is 1. The molecule has 8 rings (SSSR count). The minimum Gasteiger partial charge on any atom is -0.394 e. The molecule has 34 nitrogen and oxygen atoms in total. The van der Waals surface area contributed by atoms with Crippen LogP contribution in [-0.4, -0.2) is 202 Å².